The lowest BCUT2D eigenvalue weighted by Gasteiger charge is -2.15. The predicted octanol–water partition coefficient (Wildman–Crippen LogP) is 1.54. The largest absolute Gasteiger partial charge is 0.327 e. The topological polar surface area (TPSA) is 60.2 Å². The Kier molecular flexibility index (Phi) is 3.52. The Hall–Kier alpha value is -0.870. The first-order valence-corrected chi connectivity index (χ1v) is 6.77. The molecule has 2 N–H and O–H groups in total. The van der Waals surface area contributed by atoms with E-state index in [1.165, 1.54) is 6.26 Å². The van der Waals surface area contributed by atoms with Crippen LogP contribution >= 0.6 is 0 Å². The van der Waals surface area contributed by atoms with Gasteiger partial charge in [0.05, 0.1) is 4.90 Å². The van der Waals surface area contributed by atoms with E-state index in [1.54, 1.807) is 12.1 Å². The summed E-state index contributed by atoms with van der Waals surface area (Å²) in [6, 6.07) is 6.97. The van der Waals surface area contributed by atoms with Gasteiger partial charge in [-0.1, -0.05) is 19.1 Å². The molecule has 15 heavy (non-hydrogen) atoms. The average molecular weight is 227 g/mol. The van der Waals surface area contributed by atoms with Crippen molar-refractivity contribution in [2.24, 2.45) is 5.73 Å². The highest BCUT2D eigenvalue weighted by molar-refractivity contribution is 7.90. The number of nitrogens with two attached hydrogens (primary N) is 1. The van der Waals surface area contributed by atoms with E-state index >= 15 is 0 Å². The Morgan fingerprint density at radius 3 is 1.93 bits per heavy atom. The Labute approximate surface area is 91.2 Å². The molecule has 4 heteroatoms. The summed E-state index contributed by atoms with van der Waals surface area (Å²) >= 11 is 0. The highest BCUT2D eigenvalue weighted by atomic mass is 32.2. The van der Waals surface area contributed by atoms with Crippen LogP contribution in [0.3, 0.4) is 0 Å². The Morgan fingerprint density at radius 2 is 1.60 bits per heavy atom. The summed E-state index contributed by atoms with van der Waals surface area (Å²) < 4.78 is 22.4. The fourth-order valence-corrected chi connectivity index (χ4v) is 1.95. The van der Waals surface area contributed by atoms with Crippen molar-refractivity contribution in [3.05, 3.63) is 29.8 Å². The SMILES string of the molecule is CC(N)C(C)c1ccc(S(C)(=O)=O)cc1. The van der Waals surface area contributed by atoms with Crippen LogP contribution in [0.2, 0.25) is 0 Å². The molecule has 0 saturated carbocycles. The summed E-state index contributed by atoms with van der Waals surface area (Å²) in [4.78, 5) is 0.350. The summed E-state index contributed by atoms with van der Waals surface area (Å²) in [6.45, 7) is 3.97. The van der Waals surface area contributed by atoms with Crippen LogP contribution in [0.15, 0.2) is 29.2 Å². The predicted molar refractivity (Wildman–Crippen MR) is 61.6 cm³/mol. The van der Waals surface area contributed by atoms with Crippen LogP contribution in [-0.2, 0) is 9.84 Å². The first kappa shape index (κ1) is 12.2. The zero-order chi connectivity index (χ0) is 11.6. The maximum atomic E-state index is 11.2. The van der Waals surface area contributed by atoms with Gasteiger partial charge in [0.2, 0.25) is 0 Å². The van der Waals surface area contributed by atoms with Crippen molar-refractivity contribution >= 4 is 9.84 Å². The molecule has 0 bridgehead atoms. The van der Waals surface area contributed by atoms with Crippen LogP contribution in [0.5, 0.6) is 0 Å². The molecule has 0 aliphatic heterocycles. The highest BCUT2D eigenvalue weighted by Gasteiger charge is 2.12. The smallest absolute Gasteiger partial charge is 0.175 e. The third kappa shape index (κ3) is 3.04. The fourth-order valence-electron chi connectivity index (χ4n) is 1.32. The second-order valence-electron chi connectivity index (χ2n) is 3.99. The Balaban J connectivity index is 3.01. The molecule has 1 aromatic carbocycles. The molecule has 1 rings (SSSR count). The third-order valence-electron chi connectivity index (χ3n) is 2.62. The van der Waals surface area contributed by atoms with Gasteiger partial charge < -0.3 is 5.73 Å². The number of sulfone groups is 1. The maximum Gasteiger partial charge on any atom is 0.175 e. The maximum absolute atomic E-state index is 11.2. The van der Waals surface area contributed by atoms with Crippen molar-refractivity contribution in [3.8, 4) is 0 Å². The minimum Gasteiger partial charge on any atom is -0.327 e. The van der Waals surface area contributed by atoms with E-state index in [0.29, 0.717) is 4.90 Å². The second kappa shape index (κ2) is 4.33. The second-order valence-corrected chi connectivity index (χ2v) is 6.00. The lowest BCUT2D eigenvalue weighted by Crippen LogP contribution is -2.22. The third-order valence-corrected chi connectivity index (χ3v) is 3.75. The van der Waals surface area contributed by atoms with Crippen molar-refractivity contribution in [1.82, 2.24) is 0 Å². The molecule has 84 valence electrons. The van der Waals surface area contributed by atoms with E-state index in [4.69, 9.17) is 5.73 Å². The normalized spacial score (nSPS) is 16.0. The van der Waals surface area contributed by atoms with Crippen molar-refractivity contribution in [2.75, 3.05) is 6.26 Å². The summed E-state index contributed by atoms with van der Waals surface area (Å²) in [7, 11) is -3.10. The molecule has 0 aliphatic carbocycles. The van der Waals surface area contributed by atoms with E-state index in [2.05, 4.69) is 0 Å². The number of benzene rings is 1. The van der Waals surface area contributed by atoms with Crippen molar-refractivity contribution in [3.63, 3.8) is 0 Å². The first-order valence-electron chi connectivity index (χ1n) is 4.88. The van der Waals surface area contributed by atoms with E-state index < -0.39 is 9.84 Å². The highest BCUT2D eigenvalue weighted by Crippen LogP contribution is 2.19. The van der Waals surface area contributed by atoms with Gasteiger partial charge in [-0.15, -0.1) is 0 Å². The van der Waals surface area contributed by atoms with Crippen LogP contribution in [-0.4, -0.2) is 20.7 Å². The molecule has 0 spiro atoms. The molecule has 0 fully saturated rings. The minimum absolute atomic E-state index is 0.0640. The molecule has 0 radical (unpaired) electrons. The Morgan fingerprint density at radius 1 is 1.13 bits per heavy atom. The van der Waals surface area contributed by atoms with Gasteiger partial charge in [-0.05, 0) is 30.5 Å². The van der Waals surface area contributed by atoms with Gasteiger partial charge >= 0.3 is 0 Å². The molecule has 2 unspecified atom stereocenters. The van der Waals surface area contributed by atoms with Crippen molar-refractivity contribution < 1.29 is 8.42 Å². The molecule has 0 heterocycles. The number of hydrogen-bond acceptors (Lipinski definition) is 3. The lowest BCUT2D eigenvalue weighted by atomic mass is 9.95. The summed E-state index contributed by atoms with van der Waals surface area (Å²) in [5.41, 5.74) is 6.84. The zero-order valence-electron chi connectivity index (χ0n) is 9.27. The first-order chi connectivity index (χ1) is 6.82. The summed E-state index contributed by atoms with van der Waals surface area (Å²) in [6.07, 6.45) is 1.21. The van der Waals surface area contributed by atoms with Gasteiger partial charge in [0.15, 0.2) is 9.84 Å². The number of rotatable bonds is 3. The molecule has 1 aromatic rings. The minimum atomic E-state index is -3.10. The van der Waals surface area contributed by atoms with Crippen LogP contribution in [0, 0.1) is 0 Å². The van der Waals surface area contributed by atoms with Crippen LogP contribution < -0.4 is 5.73 Å². The van der Waals surface area contributed by atoms with Gasteiger partial charge in [-0.3, -0.25) is 0 Å². The fraction of sp³-hybridized carbons (Fsp3) is 0.455. The molecule has 0 aromatic heterocycles. The lowest BCUT2D eigenvalue weighted by molar-refractivity contribution is 0.600. The van der Waals surface area contributed by atoms with E-state index in [1.807, 2.05) is 26.0 Å². The van der Waals surface area contributed by atoms with Crippen LogP contribution in [0.25, 0.3) is 0 Å². The summed E-state index contributed by atoms with van der Waals surface area (Å²) in [5.74, 6) is 0.235. The van der Waals surface area contributed by atoms with Crippen molar-refractivity contribution in [2.45, 2.75) is 30.7 Å². The van der Waals surface area contributed by atoms with E-state index in [9.17, 15) is 8.42 Å². The van der Waals surface area contributed by atoms with Crippen LogP contribution in [0.4, 0.5) is 0 Å². The van der Waals surface area contributed by atoms with Gasteiger partial charge in [0, 0.05) is 12.3 Å². The molecule has 3 nitrogen and oxygen atoms in total. The van der Waals surface area contributed by atoms with Crippen LogP contribution in [0.1, 0.15) is 25.3 Å². The zero-order valence-corrected chi connectivity index (χ0v) is 10.1. The standard InChI is InChI=1S/C11H17NO2S/c1-8(9(2)12)10-4-6-11(7-5-10)15(3,13)14/h4-9H,12H2,1-3H3. The average Bonchev–Trinajstić information content (AvgIpc) is 2.15. The molecule has 2 atom stereocenters. The molecular formula is C11H17NO2S. The van der Waals surface area contributed by atoms with Gasteiger partial charge in [-0.2, -0.15) is 0 Å². The van der Waals surface area contributed by atoms with Gasteiger partial charge in [0.1, 0.15) is 0 Å². The molecular weight excluding hydrogens is 210 g/mol. The van der Waals surface area contributed by atoms with Crippen molar-refractivity contribution in [1.29, 1.82) is 0 Å². The van der Waals surface area contributed by atoms with Gasteiger partial charge in [-0.25, -0.2) is 8.42 Å². The summed E-state index contributed by atoms with van der Waals surface area (Å²) in [5, 5.41) is 0. The molecule has 0 aliphatic rings. The molecule has 0 saturated heterocycles. The Bertz CT molecular complexity index is 420. The van der Waals surface area contributed by atoms with E-state index in [0.717, 1.165) is 5.56 Å². The monoisotopic (exact) mass is 227 g/mol. The number of hydrogen-bond donors (Lipinski definition) is 1. The van der Waals surface area contributed by atoms with Gasteiger partial charge in [0.25, 0.3) is 0 Å². The van der Waals surface area contributed by atoms with E-state index in [-0.39, 0.29) is 12.0 Å². The quantitative estimate of drug-likeness (QED) is 0.852. The molecule has 0 amide bonds.